The number of ketones is 3. The first-order valence-electron chi connectivity index (χ1n) is 21.7. The third kappa shape index (κ3) is 63.4. The van der Waals surface area contributed by atoms with E-state index in [-0.39, 0.29) is 72.6 Å². The molecule has 0 atom stereocenters. The van der Waals surface area contributed by atoms with E-state index in [1.54, 1.807) is 69.2 Å². The van der Waals surface area contributed by atoms with Gasteiger partial charge in [0.05, 0.1) is 31.5 Å². The average molecular weight is 907 g/mol. The number of allylic oxidation sites excluding steroid dienone is 2. The molecular weight excluding hydrogens is 821 g/mol. The Morgan fingerprint density at radius 1 is 0.453 bits per heavy atom. The maximum absolute atomic E-state index is 11.3. The monoisotopic (exact) mass is 907 g/mol. The van der Waals surface area contributed by atoms with Crippen molar-refractivity contribution in [3.05, 3.63) is 73.9 Å². The predicted octanol–water partition coefficient (Wildman–Crippen LogP) is 10.9. The lowest BCUT2D eigenvalue weighted by Gasteiger charge is -2.07. The largest absolute Gasteiger partial charge is 0.463 e. The number of Topliss-reactive ketones (excluding diaryl/α,β-unsaturated/α-hetero) is 2. The predicted molar refractivity (Wildman–Crippen MR) is 257 cm³/mol. The van der Waals surface area contributed by atoms with E-state index in [9.17, 15) is 38.4 Å². The smallest absolute Gasteiger partial charge is 0.333 e. The highest BCUT2D eigenvalue weighted by Crippen LogP contribution is 2.06. The third-order valence-electron chi connectivity index (χ3n) is 6.41. The van der Waals surface area contributed by atoms with Gasteiger partial charge in [-0.2, -0.15) is 0 Å². The van der Waals surface area contributed by atoms with Crippen molar-refractivity contribution in [3.8, 4) is 0 Å². The summed E-state index contributed by atoms with van der Waals surface area (Å²) in [5, 5.41) is 0. The van der Waals surface area contributed by atoms with Crippen molar-refractivity contribution in [2.45, 2.75) is 174 Å². The first-order chi connectivity index (χ1) is 29.3. The van der Waals surface area contributed by atoms with Gasteiger partial charge in [0.2, 0.25) is 0 Å². The Morgan fingerprint density at radius 2 is 0.828 bits per heavy atom. The van der Waals surface area contributed by atoms with E-state index in [2.05, 4.69) is 44.2 Å². The summed E-state index contributed by atoms with van der Waals surface area (Å²) in [7, 11) is 0. The summed E-state index contributed by atoms with van der Waals surface area (Å²) >= 11 is 0. The molecule has 0 heterocycles. The minimum atomic E-state index is -0.424. The molecular formula is C51H86O13. The Balaban J connectivity index is -0.000000161. The van der Waals surface area contributed by atoms with Crippen LogP contribution in [-0.2, 0) is 62.0 Å². The molecule has 0 saturated carbocycles. The van der Waals surface area contributed by atoms with E-state index < -0.39 is 5.97 Å². The highest BCUT2D eigenvalue weighted by atomic mass is 16.6. The highest BCUT2D eigenvalue weighted by Gasteiger charge is 2.09. The van der Waals surface area contributed by atoms with Gasteiger partial charge < -0.3 is 23.7 Å². The molecule has 0 aromatic rings. The van der Waals surface area contributed by atoms with E-state index in [1.165, 1.54) is 6.08 Å². The minimum Gasteiger partial charge on any atom is -0.463 e. The molecule has 0 aromatic carbocycles. The summed E-state index contributed by atoms with van der Waals surface area (Å²) in [6.45, 7) is 50.5. The number of hydrogen-bond donors (Lipinski definition) is 0. The zero-order chi connectivity index (χ0) is 51.7. The van der Waals surface area contributed by atoms with Gasteiger partial charge >= 0.3 is 29.8 Å². The normalized spacial score (nSPS) is 9.66. The zero-order valence-electron chi connectivity index (χ0n) is 42.5. The van der Waals surface area contributed by atoms with Crippen molar-refractivity contribution < 1.29 is 62.0 Å². The molecule has 13 nitrogen and oxygen atoms in total. The molecule has 0 aliphatic heterocycles. The number of carbonyl (C=O) groups is 8. The van der Waals surface area contributed by atoms with E-state index in [0.717, 1.165) is 6.08 Å². The first-order valence-corrected chi connectivity index (χ1v) is 21.7. The van der Waals surface area contributed by atoms with Crippen LogP contribution >= 0.6 is 0 Å². The van der Waals surface area contributed by atoms with Gasteiger partial charge in [0.15, 0.2) is 11.6 Å². The number of hydrogen-bond acceptors (Lipinski definition) is 13. The maximum atomic E-state index is 11.3. The lowest BCUT2D eigenvalue weighted by Crippen LogP contribution is -2.13. The van der Waals surface area contributed by atoms with Crippen molar-refractivity contribution in [1.29, 1.82) is 0 Å². The molecule has 0 bridgehead atoms. The molecule has 0 aromatic heterocycles. The second kappa shape index (κ2) is 44.4. The summed E-state index contributed by atoms with van der Waals surface area (Å²) in [5.74, 6) is 0.117. The van der Waals surface area contributed by atoms with E-state index in [1.807, 2.05) is 41.5 Å². The van der Waals surface area contributed by atoms with Crippen LogP contribution in [-0.4, -0.2) is 78.7 Å². The molecule has 0 radical (unpaired) electrons. The molecule has 0 N–H and O–H groups in total. The second-order valence-corrected chi connectivity index (χ2v) is 16.7. The summed E-state index contributed by atoms with van der Waals surface area (Å²) in [4.78, 5) is 86.5. The van der Waals surface area contributed by atoms with Gasteiger partial charge in [-0.1, -0.05) is 81.0 Å². The van der Waals surface area contributed by atoms with Gasteiger partial charge in [0.25, 0.3) is 0 Å². The molecule has 0 amide bonds. The van der Waals surface area contributed by atoms with Crippen LogP contribution in [0, 0.1) is 17.8 Å². The third-order valence-corrected chi connectivity index (χ3v) is 6.41. The molecule has 0 unspecified atom stereocenters. The van der Waals surface area contributed by atoms with Crippen LogP contribution in [0.5, 0.6) is 0 Å². The Bertz CT molecular complexity index is 1360. The second-order valence-electron chi connectivity index (χ2n) is 16.7. The van der Waals surface area contributed by atoms with Crippen LogP contribution in [0.15, 0.2) is 73.9 Å². The molecule has 0 rings (SSSR count). The number of rotatable bonds is 23. The van der Waals surface area contributed by atoms with Crippen molar-refractivity contribution in [3.63, 3.8) is 0 Å². The van der Waals surface area contributed by atoms with Gasteiger partial charge in [0, 0.05) is 54.9 Å². The Hall–Kier alpha value is -5.20. The first kappa shape index (κ1) is 70.5. The van der Waals surface area contributed by atoms with Gasteiger partial charge in [-0.05, 0) is 111 Å². The number of esters is 5. The summed E-state index contributed by atoms with van der Waals surface area (Å²) < 4.78 is 24.0. The molecule has 0 aliphatic rings. The maximum Gasteiger partial charge on any atom is 0.333 e. The lowest BCUT2D eigenvalue weighted by molar-refractivity contribution is -0.149. The van der Waals surface area contributed by atoms with Crippen LogP contribution in [0.25, 0.3) is 0 Å². The highest BCUT2D eigenvalue weighted by molar-refractivity contribution is 5.94. The summed E-state index contributed by atoms with van der Waals surface area (Å²) in [5.41, 5.74) is 1.87. The molecule has 64 heavy (non-hydrogen) atoms. The zero-order valence-corrected chi connectivity index (χ0v) is 42.5. The Kier molecular flexibility index (Phi) is 48.9. The quantitative estimate of drug-likeness (QED) is 0.0409. The topological polar surface area (TPSA) is 183 Å². The minimum absolute atomic E-state index is 0.0412. The van der Waals surface area contributed by atoms with Crippen molar-refractivity contribution in [2.24, 2.45) is 17.8 Å². The van der Waals surface area contributed by atoms with Crippen molar-refractivity contribution in [2.75, 3.05) is 13.2 Å². The van der Waals surface area contributed by atoms with Crippen LogP contribution in [0.3, 0.4) is 0 Å². The Labute approximate surface area is 387 Å². The van der Waals surface area contributed by atoms with Gasteiger partial charge in [-0.3, -0.25) is 19.2 Å². The van der Waals surface area contributed by atoms with E-state index in [4.69, 9.17) is 18.9 Å². The number of ether oxygens (including phenoxy) is 5. The fourth-order valence-corrected chi connectivity index (χ4v) is 3.57. The molecule has 13 heteroatoms. The van der Waals surface area contributed by atoms with Crippen LogP contribution < -0.4 is 0 Å². The fourth-order valence-electron chi connectivity index (χ4n) is 3.57. The molecule has 0 spiro atoms. The van der Waals surface area contributed by atoms with E-state index >= 15 is 0 Å². The molecule has 0 aliphatic carbocycles. The average Bonchev–Trinajstić information content (AvgIpc) is 3.14. The van der Waals surface area contributed by atoms with Crippen LogP contribution in [0.2, 0.25) is 0 Å². The molecule has 368 valence electrons. The Morgan fingerprint density at radius 3 is 1.06 bits per heavy atom. The van der Waals surface area contributed by atoms with Crippen LogP contribution in [0.1, 0.15) is 156 Å². The molecule has 0 fully saturated rings. The van der Waals surface area contributed by atoms with Gasteiger partial charge in [-0.25, -0.2) is 19.2 Å². The number of carbonyl (C=O) groups excluding carboxylic acids is 8. The summed E-state index contributed by atoms with van der Waals surface area (Å²) in [6, 6.07) is 0. The summed E-state index contributed by atoms with van der Waals surface area (Å²) in [6.07, 6.45) is 6.04. The SMILES string of the molecule is C=C(C)C(=O)CC(C)C.C=C(C)C(=O)OC(C)C.C=C(C)C(=O)OCCCC(=O)CC(C)C.C=C(C)C(=O)OCCCC(=O)OC(C)C.C=CC(=O)CC(C)C.C=CC(=O)OC(C)C. The van der Waals surface area contributed by atoms with Crippen molar-refractivity contribution in [1.82, 2.24) is 0 Å². The fraction of sp³-hybridized carbons (Fsp3) is 0.608. The van der Waals surface area contributed by atoms with Crippen molar-refractivity contribution >= 4 is 47.2 Å². The van der Waals surface area contributed by atoms with Gasteiger partial charge in [-0.15, -0.1) is 0 Å². The molecule has 0 saturated heterocycles. The van der Waals surface area contributed by atoms with Gasteiger partial charge in [0.1, 0.15) is 5.78 Å². The lowest BCUT2D eigenvalue weighted by atomic mass is 10.0. The van der Waals surface area contributed by atoms with E-state index in [0.29, 0.717) is 85.2 Å². The van der Waals surface area contributed by atoms with Crippen LogP contribution in [0.4, 0.5) is 0 Å². The standard InChI is InChI=1S/C12H20O3.C11H18O4.C8H14O.C7H12O2.C7H12O.C6H10O2/c1-9(2)8-11(13)6-5-7-15-12(14)10(3)4;1-8(2)11(13)14-7-5-6-10(12)15-9(3)4;1-6(2)5-8(9)7(3)4;1-5(2)7(8)9-6(3)4;1-4-7(8)5-6(2)3;1-4-6(7)8-5(2)3/h9H,3,5-8H2,1-2,4H3;9H,1,5-7H2,2-4H3;6H,3,5H2,1-2,4H3;6H,1H2,2-4H3;4,6H,1,5H2,2-3H3;4-5H,1H2,2-3H3.